The molecule has 0 aliphatic rings. The number of anilines is 1. The molecule has 32 heavy (non-hydrogen) atoms. The molecule has 0 bridgehead atoms. The standard InChI is InChI=1S/C24H16ClNO6/c1-30-19-10-11-21-15(12-19)13-20(24(29)32-21)23(28)31-18-8-2-14(3-9-18)22(27)26-17-6-4-16(25)5-7-17/h2-13H,1H3,(H,26,27). The van der Waals surface area contributed by atoms with E-state index in [0.717, 1.165) is 0 Å². The van der Waals surface area contributed by atoms with Crippen LogP contribution in [-0.2, 0) is 0 Å². The Hall–Kier alpha value is -4.10. The molecular formula is C24H16ClNO6. The van der Waals surface area contributed by atoms with Gasteiger partial charge in [0.2, 0.25) is 0 Å². The van der Waals surface area contributed by atoms with E-state index in [0.29, 0.717) is 33.0 Å². The van der Waals surface area contributed by atoms with E-state index in [1.54, 1.807) is 42.5 Å². The number of methoxy groups -OCH3 is 1. The van der Waals surface area contributed by atoms with E-state index in [2.05, 4.69) is 5.32 Å². The second kappa shape index (κ2) is 8.95. The van der Waals surface area contributed by atoms with Crippen LogP contribution in [0.3, 0.4) is 0 Å². The SMILES string of the molecule is COc1ccc2oc(=O)c(C(=O)Oc3ccc(C(=O)Nc4ccc(Cl)cc4)cc3)cc2c1. The summed E-state index contributed by atoms with van der Waals surface area (Å²) in [4.78, 5) is 37.1. The van der Waals surface area contributed by atoms with Crippen LogP contribution in [0.1, 0.15) is 20.7 Å². The third-order valence-electron chi connectivity index (χ3n) is 4.59. The van der Waals surface area contributed by atoms with Crippen molar-refractivity contribution in [2.75, 3.05) is 12.4 Å². The van der Waals surface area contributed by atoms with Crippen LogP contribution in [0, 0.1) is 0 Å². The minimum absolute atomic E-state index is 0.170. The first-order valence-electron chi connectivity index (χ1n) is 9.44. The molecule has 0 saturated carbocycles. The minimum Gasteiger partial charge on any atom is -0.497 e. The van der Waals surface area contributed by atoms with Gasteiger partial charge in [-0.05, 0) is 72.8 Å². The van der Waals surface area contributed by atoms with E-state index in [1.807, 2.05) is 0 Å². The van der Waals surface area contributed by atoms with E-state index in [1.165, 1.54) is 37.4 Å². The lowest BCUT2D eigenvalue weighted by Gasteiger charge is -2.07. The number of fused-ring (bicyclic) bond motifs is 1. The highest BCUT2D eigenvalue weighted by Crippen LogP contribution is 2.21. The molecule has 0 spiro atoms. The summed E-state index contributed by atoms with van der Waals surface area (Å²) < 4.78 is 15.6. The van der Waals surface area contributed by atoms with Gasteiger partial charge in [-0.2, -0.15) is 0 Å². The average molecular weight is 450 g/mol. The van der Waals surface area contributed by atoms with Crippen LogP contribution in [0.15, 0.2) is 82.0 Å². The Labute approximate surface area is 187 Å². The van der Waals surface area contributed by atoms with E-state index in [9.17, 15) is 14.4 Å². The number of carbonyl (C=O) groups excluding carboxylic acids is 2. The van der Waals surface area contributed by atoms with Gasteiger partial charge in [-0.15, -0.1) is 0 Å². The van der Waals surface area contributed by atoms with Crippen molar-refractivity contribution >= 4 is 40.1 Å². The predicted molar refractivity (Wildman–Crippen MR) is 120 cm³/mol. The van der Waals surface area contributed by atoms with Crippen LogP contribution in [-0.4, -0.2) is 19.0 Å². The number of rotatable bonds is 5. The summed E-state index contributed by atoms with van der Waals surface area (Å²) in [6.07, 6.45) is 0. The molecule has 0 fully saturated rings. The molecule has 1 heterocycles. The number of hydrogen-bond acceptors (Lipinski definition) is 6. The molecule has 0 atom stereocenters. The highest BCUT2D eigenvalue weighted by atomic mass is 35.5. The molecule has 3 aromatic carbocycles. The molecule has 1 amide bonds. The van der Waals surface area contributed by atoms with Gasteiger partial charge in [0.05, 0.1) is 7.11 Å². The molecule has 0 aliphatic carbocycles. The molecule has 7 nitrogen and oxygen atoms in total. The number of benzene rings is 3. The molecule has 4 rings (SSSR count). The summed E-state index contributed by atoms with van der Waals surface area (Å²) in [6.45, 7) is 0. The lowest BCUT2D eigenvalue weighted by Crippen LogP contribution is -2.18. The third-order valence-corrected chi connectivity index (χ3v) is 4.84. The Morgan fingerprint density at radius 2 is 1.59 bits per heavy atom. The lowest BCUT2D eigenvalue weighted by atomic mass is 10.1. The molecular weight excluding hydrogens is 434 g/mol. The Morgan fingerprint density at radius 3 is 2.28 bits per heavy atom. The Balaban J connectivity index is 1.49. The van der Waals surface area contributed by atoms with Crippen LogP contribution >= 0.6 is 11.6 Å². The minimum atomic E-state index is -0.873. The molecule has 0 unspecified atom stereocenters. The zero-order valence-corrected chi connectivity index (χ0v) is 17.5. The molecule has 8 heteroatoms. The Kier molecular flexibility index (Phi) is 5.91. The van der Waals surface area contributed by atoms with Crippen molar-refractivity contribution in [3.63, 3.8) is 0 Å². The van der Waals surface area contributed by atoms with Gasteiger partial charge in [0.15, 0.2) is 0 Å². The van der Waals surface area contributed by atoms with Crippen molar-refractivity contribution in [3.8, 4) is 11.5 Å². The number of amides is 1. The van der Waals surface area contributed by atoms with Crippen LogP contribution in [0.2, 0.25) is 5.02 Å². The topological polar surface area (TPSA) is 94.8 Å². The van der Waals surface area contributed by atoms with Gasteiger partial charge in [-0.3, -0.25) is 4.79 Å². The van der Waals surface area contributed by atoms with Crippen molar-refractivity contribution in [1.29, 1.82) is 0 Å². The first-order valence-corrected chi connectivity index (χ1v) is 9.82. The van der Waals surface area contributed by atoms with Gasteiger partial charge in [0.1, 0.15) is 22.6 Å². The van der Waals surface area contributed by atoms with Gasteiger partial charge < -0.3 is 19.2 Å². The zero-order valence-electron chi connectivity index (χ0n) is 16.8. The Morgan fingerprint density at radius 1 is 0.906 bits per heavy atom. The number of ether oxygens (including phenoxy) is 2. The fraction of sp³-hybridized carbons (Fsp3) is 0.0417. The summed E-state index contributed by atoms with van der Waals surface area (Å²) in [6, 6.07) is 18.9. The van der Waals surface area contributed by atoms with Gasteiger partial charge in [0, 0.05) is 21.7 Å². The maximum atomic E-state index is 12.5. The van der Waals surface area contributed by atoms with Crippen LogP contribution in [0.25, 0.3) is 11.0 Å². The molecule has 4 aromatic rings. The molecule has 160 valence electrons. The van der Waals surface area contributed by atoms with Crippen LogP contribution in [0.4, 0.5) is 5.69 Å². The molecule has 0 saturated heterocycles. The number of hydrogen-bond donors (Lipinski definition) is 1. The normalized spacial score (nSPS) is 10.6. The van der Waals surface area contributed by atoms with E-state index in [4.69, 9.17) is 25.5 Å². The van der Waals surface area contributed by atoms with E-state index in [-0.39, 0.29) is 17.2 Å². The fourth-order valence-electron chi connectivity index (χ4n) is 2.94. The van der Waals surface area contributed by atoms with Crippen molar-refractivity contribution in [2.45, 2.75) is 0 Å². The summed E-state index contributed by atoms with van der Waals surface area (Å²) in [7, 11) is 1.51. The quantitative estimate of drug-likeness (QED) is 0.264. The summed E-state index contributed by atoms with van der Waals surface area (Å²) in [5.74, 6) is -0.488. The fourth-order valence-corrected chi connectivity index (χ4v) is 3.07. The van der Waals surface area contributed by atoms with E-state index >= 15 is 0 Å². The second-order valence-corrected chi connectivity index (χ2v) is 7.16. The number of carbonyl (C=O) groups is 2. The largest absolute Gasteiger partial charge is 0.497 e. The molecule has 0 radical (unpaired) electrons. The van der Waals surface area contributed by atoms with Gasteiger partial charge >= 0.3 is 11.6 Å². The maximum Gasteiger partial charge on any atom is 0.351 e. The lowest BCUT2D eigenvalue weighted by molar-refractivity contribution is 0.0730. The maximum absolute atomic E-state index is 12.5. The first kappa shape index (κ1) is 21.1. The highest BCUT2D eigenvalue weighted by molar-refractivity contribution is 6.30. The van der Waals surface area contributed by atoms with Gasteiger partial charge in [-0.25, -0.2) is 9.59 Å². The van der Waals surface area contributed by atoms with Gasteiger partial charge in [-0.1, -0.05) is 11.6 Å². The smallest absolute Gasteiger partial charge is 0.351 e. The molecule has 1 aromatic heterocycles. The van der Waals surface area contributed by atoms with Crippen molar-refractivity contribution in [3.05, 3.63) is 99.4 Å². The summed E-state index contributed by atoms with van der Waals surface area (Å²) in [5, 5.41) is 3.82. The average Bonchev–Trinajstić information content (AvgIpc) is 2.80. The third kappa shape index (κ3) is 4.63. The van der Waals surface area contributed by atoms with Crippen molar-refractivity contribution in [2.24, 2.45) is 0 Å². The zero-order chi connectivity index (χ0) is 22.7. The summed E-state index contributed by atoms with van der Waals surface area (Å²) >= 11 is 5.84. The Bertz CT molecular complexity index is 1360. The second-order valence-electron chi connectivity index (χ2n) is 6.73. The van der Waals surface area contributed by atoms with Crippen LogP contribution < -0.4 is 20.4 Å². The first-order chi connectivity index (χ1) is 15.4. The predicted octanol–water partition coefficient (Wildman–Crippen LogP) is 4.93. The van der Waals surface area contributed by atoms with Crippen molar-refractivity contribution in [1.82, 2.24) is 0 Å². The summed E-state index contributed by atoms with van der Waals surface area (Å²) in [5.41, 5.74) is 0.206. The highest BCUT2D eigenvalue weighted by Gasteiger charge is 2.17. The molecule has 1 N–H and O–H groups in total. The van der Waals surface area contributed by atoms with Crippen molar-refractivity contribution < 1.29 is 23.5 Å². The van der Waals surface area contributed by atoms with Crippen LogP contribution in [0.5, 0.6) is 11.5 Å². The van der Waals surface area contributed by atoms with Gasteiger partial charge in [0.25, 0.3) is 5.91 Å². The number of halogens is 1. The van der Waals surface area contributed by atoms with E-state index < -0.39 is 11.6 Å². The number of esters is 1. The molecule has 0 aliphatic heterocycles. The monoisotopic (exact) mass is 449 g/mol. The number of nitrogens with one attached hydrogen (secondary N) is 1.